The molecule has 102 valence electrons. The van der Waals surface area contributed by atoms with Crippen LogP contribution >= 0.6 is 0 Å². The molecule has 6 nitrogen and oxygen atoms in total. The third-order valence-corrected chi connectivity index (χ3v) is 2.89. The monoisotopic (exact) mass is 262 g/mol. The van der Waals surface area contributed by atoms with Crippen molar-refractivity contribution in [2.45, 2.75) is 26.8 Å². The van der Waals surface area contributed by atoms with Crippen LogP contribution in [0.25, 0.3) is 5.65 Å². The molecule has 0 spiro atoms. The first-order valence-electron chi connectivity index (χ1n) is 6.18. The summed E-state index contributed by atoms with van der Waals surface area (Å²) < 4.78 is 6.46. The Bertz CT molecular complexity index is 591. The van der Waals surface area contributed by atoms with Crippen LogP contribution in [-0.4, -0.2) is 33.7 Å². The van der Waals surface area contributed by atoms with Gasteiger partial charge in [-0.15, -0.1) is 5.10 Å². The van der Waals surface area contributed by atoms with Crippen LogP contribution in [0, 0.1) is 12.8 Å². The van der Waals surface area contributed by atoms with Crippen LogP contribution in [0.3, 0.4) is 0 Å². The lowest BCUT2D eigenvalue weighted by Gasteiger charge is -2.18. The number of carbonyl (C=O) groups excluding carboxylic acids is 1. The molecule has 0 saturated heterocycles. The molecule has 6 heteroatoms. The topological polar surface area (TPSA) is 68.5 Å². The Morgan fingerprint density at radius 1 is 1.42 bits per heavy atom. The lowest BCUT2D eigenvalue weighted by Crippen LogP contribution is -2.35. The number of aromatic nitrogens is 3. The summed E-state index contributed by atoms with van der Waals surface area (Å²) in [5, 5.41) is 7.32. The number of carbonyl (C=O) groups is 1. The molecule has 1 N–H and O–H groups in total. The van der Waals surface area contributed by atoms with Gasteiger partial charge in [-0.05, 0) is 24.5 Å². The van der Waals surface area contributed by atoms with Crippen LogP contribution in [0.15, 0.2) is 18.3 Å². The molecule has 1 unspecified atom stereocenters. The molecule has 0 radical (unpaired) electrons. The van der Waals surface area contributed by atoms with E-state index >= 15 is 0 Å². The van der Waals surface area contributed by atoms with E-state index < -0.39 is 6.04 Å². The van der Waals surface area contributed by atoms with E-state index in [9.17, 15) is 4.79 Å². The first-order valence-corrected chi connectivity index (χ1v) is 6.18. The molecule has 0 fully saturated rings. The van der Waals surface area contributed by atoms with Gasteiger partial charge in [-0.3, -0.25) is 0 Å². The molecule has 1 atom stereocenters. The molecular weight excluding hydrogens is 244 g/mol. The van der Waals surface area contributed by atoms with Crippen molar-refractivity contribution in [3.63, 3.8) is 0 Å². The van der Waals surface area contributed by atoms with Gasteiger partial charge in [0.1, 0.15) is 6.04 Å². The Morgan fingerprint density at radius 3 is 2.79 bits per heavy atom. The van der Waals surface area contributed by atoms with Crippen LogP contribution < -0.4 is 5.32 Å². The standard InChI is InChI=1S/C13H18N4O2/c1-8(2)11(12(18)19-4)15-13-14-10-6-5-9(3)7-17(10)16-13/h5-8,11H,1-4H3,(H,15,16). The van der Waals surface area contributed by atoms with Crippen molar-refractivity contribution in [3.8, 4) is 0 Å². The quantitative estimate of drug-likeness (QED) is 0.848. The van der Waals surface area contributed by atoms with Crippen molar-refractivity contribution in [2.24, 2.45) is 5.92 Å². The summed E-state index contributed by atoms with van der Waals surface area (Å²) in [6.07, 6.45) is 1.88. The number of nitrogens with one attached hydrogen (secondary N) is 1. The van der Waals surface area contributed by atoms with Gasteiger partial charge < -0.3 is 10.1 Å². The van der Waals surface area contributed by atoms with Gasteiger partial charge >= 0.3 is 5.97 Å². The summed E-state index contributed by atoms with van der Waals surface area (Å²) in [6, 6.07) is 3.40. The van der Waals surface area contributed by atoms with Gasteiger partial charge in [-0.2, -0.15) is 4.98 Å². The minimum absolute atomic E-state index is 0.0841. The number of aryl methyl sites for hydroxylation is 1. The molecule has 2 heterocycles. The fourth-order valence-corrected chi connectivity index (χ4v) is 1.81. The molecule has 2 aromatic rings. The van der Waals surface area contributed by atoms with Crippen LogP contribution in [0.4, 0.5) is 5.95 Å². The average molecular weight is 262 g/mol. The number of pyridine rings is 1. The van der Waals surface area contributed by atoms with Crippen molar-refractivity contribution in [1.29, 1.82) is 0 Å². The van der Waals surface area contributed by atoms with Crippen molar-refractivity contribution < 1.29 is 9.53 Å². The number of methoxy groups -OCH3 is 1. The molecule has 0 saturated carbocycles. The zero-order valence-corrected chi connectivity index (χ0v) is 11.5. The molecule has 2 rings (SSSR count). The van der Waals surface area contributed by atoms with Gasteiger partial charge in [-0.25, -0.2) is 9.31 Å². The van der Waals surface area contributed by atoms with E-state index in [1.807, 2.05) is 39.1 Å². The van der Waals surface area contributed by atoms with Crippen molar-refractivity contribution in [2.75, 3.05) is 12.4 Å². The predicted octanol–water partition coefficient (Wildman–Crippen LogP) is 1.65. The van der Waals surface area contributed by atoms with Gasteiger partial charge in [0.2, 0.25) is 5.95 Å². The van der Waals surface area contributed by atoms with E-state index in [2.05, 4.69) is 15.4 Å². The maximum absolute atomic E-state index is 11.7. The Hall–Kier alpha value is -2.11. The largest absolute Gasteiger partial charge is 0.467 e. The summed E-state index contributed by atoms with van der Waals surface area (Å²) in [5.74, 6) is 0.195. The van der Waals surface area contributed by atoms with Crippen LogP contribution in [-0.2, 0) is 9.53 Å². The molecule has 0 aliphatic rings. The minimum atomic E-state index is -0.455. The van der Waals surface area contributed by atoms with Crippen LogP contribution in [0.2, 0.25) is 0 Å². The summed E-state index contributed by atoms with van der Waals surface area (Å²) in [5.41, 5.74) is 1.83. The summed E-state index contributed by atoms with van der Waals surface area (Å²) in [7, 11) is 1.37. The number of esters is 1. The van der Waals surface area contributed by atoms with Gasteiger partial charge in [0.05, 0.1) is 7.11 Å². The van der Waals surface area contributed by atoms with E-state index in [1.54, 1.807) is 4.52 Å². The maximum atomic E-state index is 11.7. The Balaban J connectivity index is 2.26. The SMILES string of the molecule is COC(=O)C(Nc1nc2ccc(C)cn2n1)C(C)C. The molecule has 2 aromatic heterocycles. The number of anilines is 1. The third kappa shape index (κ3) is 2.83. The maximum Gasteiger partial charge on any atom is 0.328 e. The molecule has 0 bridgehead atoms. The van der Waals surface area contributed by atoms with E-state index in [1.165, 1.54) is 7.11 Å². The van der Waals surface area contributed by atoms with Gasteiger partial charge in [0, 0.05) is 6.20 Å². The van der Waals surface area contributed by atoms with E-state index in [0.29, 0.717) is 5.95 Å². The van der Waals surface area contributed by atoms with Crippen LogP contribution in [0.5, 0.6) is 0 Å². The number of rotatable bonds is 4. The highest BCUT2D eigenvalue weighted by Crippen LogP contribution is 2.12. The smallest absolute Gasteiger partial charge is 0.328 e. The van der Waals surface area contributed by atoms with Crippen molar-refractivity contribution in [1.82, 2.24) is 14.6 Å². The second kappa shape index (κ2) is 5.26. The molecular formula is C13H18N4O2. The van der Waals surface area contributed by atoms with Crippen molar-refractivity contribution in [3.05, 3.63) is 23.9 Å². The predicted molar refractivity (Wildman–Crippen MR) is 72.0 cm³/mol. The van der Waals surface area contributed by atoms with E-state index in [0.717, 1.165) is 11.2 Å². The van der Waals surface area contributed by atoms with Gasteiger partial charge in [-0.1, -0.05) is 19.9 Å². The molecule has 0 aliphatic carbocycles. The van der Waals surface area contributed by atoms with Gasteiger partial charge in [0.25, 0.3) is 0 Å². The number of hydrogen-bond donors (Lipinski definition) is 1. The molecule has 0 aliphatic heterocycles. The minimum Gasteiger partial charge on any atom is -0.467 e. The fourth-order valence-electron chi connectivity index (χ4n) is 1.81. The van der Waals surface area contributed by atoms with Crippen LogP contribution in [0.1, 0.15) is 19.4 Å². The third-order valence-electron chi connectivity index (χ3n) is 2.89. The average Bonchev–Trinajstić information content (AvgIpc) is 2.76. The van der Waals surface area contributed by atoms with Gasteiger partial charge in [0.15, 0.2) is 5.65 Å². The Kier molecular flexibility index (Phi) is 3.69. The number of ether oxygens (including phenoxy) is 1. The Morgan fingerprint density at radius 2 is 2.16 bits per heavy atom. The summed E-state index contributed by atoms with van der Waals surface area (Å²) in [6.45, 7) is 5.86. The molecule has 0 aromatic carbocycles. The second-order valence-corrected chi connectivity index (χ2v) is 4.83. The number of nitrogens with zero attached hydrogens (tertiary/aromatic N) is 3. The fraction of sp³-hybridized carbons (Fsp3) is 0.462. The Labute approximate surface area is 111 Å². The number of hydrogen-bond acceptors (Lipinski definition) is 5. The molecule has 0 amide bonds. The lowest BCUT2D eigenvalue weighted by molar-refractivity contribution is -0.142. The highest BCUT2D eigenvalue weighted by Gasteiger charge is 2.24. The van der Waals surface area contributed by atoms with E-state index in [-0.39, 0.29) is 11.9 Å². The first-order chi connectivity index (χ1) is 9.01. The molecule has 19 heavy (non-hydrogen) atoms. The first kappa shape index (κ1) is 13.3. The highest BCUT2D eigenvalue weighted by molar-refractivity contribution is 5.78. The zero-order chi connectivity index (χ0) is 14.0. The highest BCUT2D eigenvalue weighted by atomic mass is 16.5. The second-order valence-electron chi connectivity index (χ2n) is 4.83. The lowest BCUT2D eigenvalue weighted by atomic mass is 10.1. The number of fused-ring (bicyclic) bond motifs is 1. The summed E-state index contributed by atoms with van der Waals surface area (Å²) in [4.78, 5) is 16.0. The van der Waals surface area contributed by atoms with E-state index in [4.69, 9.17) is 4.74 Å². The normalized spacial score (nSPS) is 12.7. The van der Waals surface area contributed by atoms with Crippen molar-refractivity contribution >= 4 is 17.6 Å². The zero-order valence-electron chi connectivity index (χ0n) is 11.5. The summed E-state index contributed by atoms with van der Waals surface area (Å²) >= 11 is 0.